The van der Waals surface area contributed by atoms with E-state index >= 15 is 0 Å². The number of carbonyl (C=O) groups is 1. The Morgan fingerprint density at radius 3 is 2.43 bits per heavy atom. The van der Waals surface area contributed by atoms with Crippen LogP contribution >= 0.6 is 0 Å². The van der Waals surface area contributed by atoms with Crippen molar-refractivity contribution < 1.29 is 9.90 Å². The molecule has 1 atom stereocenters. The Morgan fingerprint density at radius 1 is 0.893 bits per heavy atom. The maximum absolute atomic E-state index is 13.5. The number of hydrogen-bond acceptors (Lipinski definition) is 2. The van der Waals surface area contributed by atoms with Crippen LogP contribution in [0.25, 0.3) is 21.7 Å². The number of rotatable bonds is 7. The zero-order valence-electron chi connectivity index (χ0n) is 16.1. The summed E-state index contributed by atoms with van der Waals surface area (Å²) in [6.07, 6.45) is 4.49. The number of ketones is 1. The lowest BCUT2D eigenvalue weighted by Gasteiger charge is -2.06. The van der Waals surface area contributed by atoms with Crippen LogP contribution in [0.15, 0.2) is 72.9 Å². The number of carbonyl (C=O) groups excluding carboxylic acids is 1. The number of nitrogens with zero attached hydrogens (tertiary/aromatic N) is 1. The van der Waals surface area contributed by atoms with Gasteiger partial charge in [-0.05, 0) is 43.0 Å². The minimum atomic E-state index is -0.259. The van der Waals surface area contributed by atoms with Crippen LogP contribution in [0.5, 0.6) is 0 Å². The molecule has 0 bridgehead atoms. The normalized spacial score (nSPS) is 12.5. The minimum Gasteiger partial charge on any atom is -0.393 e. The van der Waals surface area contributed by atoms with E-state index in [1.165, 1.54) is 0 Å². The predicted molar refractivity (Wildman–Crippen MR) is 115 cm³/mol. The first-order valence-electron chi connectivity index (χ1n) is 9.93. The van der Waals surface area contributed by atoms with E-state index in [1.54, 1.807) is 0 Å². The lowest BCUT2D eigenvalue weighted by Crippen LogP contribution is -2.03. The minimum absolute atomic E-state index is 0.0655. The molecule has 142 valence electrons. The zero-order valence-corrected chi connectivity index (χ0v) is 16.1. The predicted octanol–water partition coefficient (Wildman–Crippen LogP) is 5.58. The summed E-state index contributed by atoms with van der Waals surface area (Å²) in [6, 6.07) is 22.0. The molecule has 1 aromatic heterocycles. The molecular weight excluding hydrogens is 346 g/mol. The molecule has 28 heavy (non-hydrogen) atoms. The summed E-state index contributed by atoms with van der Waals surface area (Å²) < 4.78 is 2.18. The fraction of sp³-hybridized carbons (Fsp3) is 0.240. The summed E-state index contributed by atoms with van der Waals surface area (Å²) in [5.74, 6) is 0.0655. The van der Waals surface area contributed by atoms with Gasteiger partial charge in [-0.15, -0.1) is 0 Å². The van der Waals surface area contributed by atoms with E-state index in [4.69, 9.17) is 0 Å². The Hall–Kier alpha value is -2.91. The van der Waals surface area contributed by atoms with E-state index < -0.39 is 0 Å². The van der Waals surface area contributed by atoms with Crippen LogP contribution in [0.3, 0.4) is 0 Å². The first-order chi connectivity index (χ1) is 13.6. The summed E-state index contributed by atoms with van der Waals surface area (Å²) in [5.41, 5.74) is 2.58. The van der Waals surface area contributed by atoms with E-state index in [0.29, 0.717) is 0 Å². The Kier molecular flexibility index (Phi) is 5.27. The molecule has 0 unspecified atom stereocenters. The van der Waals surface area contributed by atoms with Gasteiger partial charge in [0.1, 0.15) is 0 Å². The molecule has 0 spiro atoms. The second-order valence-electron chi connectivity index (χ2n) is 7.45. The molecule has 0 amide bonds. The summed E-state index contributed by atoms with van der Waals surface area (Å²) in [5, 5.41) is 12.5. The third-order valence-electron chi connectivity index (χ3n) is 5.34. The number of benzene rings is 3. The molecule has 3 heteroatoms. The molecule has 0 aliphatic heterocycles. The third-order valence-corrected chi connectivity index (χ3v) is 5.34. The van der Waals surface area contributed by atoms with Gasteiger partial charge in [-0.1, -0.05) is 60.7 Å². The molecule has 0 fully saturated rings. The van der Waals surface area contributed by atoms with Crippen molar-refractivity contribution in [1.82, 2.24) is 4.57 Å². The second kappa shape index (κ2) is 7.99. The second-order valence-corrected chi connectivity index (χ2v) is 7.45. The number of para-hydroxylation sites is 1. The van der Waals surface area contributed by atoms with Crippen LogP contribution in [0.1, 0.15) is 42.1 Å². The molecule has 3 nitrogen and oxygen atoms in total. The van der Waals surface area contributed by atoms with Crippen LogP contribution in [0, 0.1) is 0 Å². The number of hydrogen-bond donors (Lipinski definition) is 1. The molecule has 3 aromatic carbocycles. The van der Waals surface area contributed by atoms with Crippen molar-refractivity contribution in [2.24, 2.45) is 0 Å². The first-order valence-corrected chi connectivity index (χ1v) is 9.93. The SMILES string of the molecule is C[C@@H](O)CCCCn1cc(C(=O)c2cccc3ccccc23)c2ccccc21. The van der Waals surface area contributed by atoms with Crippen molar-refractivity contribution in [2.45, 2.75) is 38.8 Å². The van der Waals surface area contributed by atoms with Crippen LogP contribution in [-0.2, 0) is 6.54 Å². The molecule has 1 N–H and O–H groups in total. The van der Waals surface area contributed by atoms with Crippen LogP contribution < -0.4 is 0 Å². The monoisotopic (exact) mass is 371 g/mol. The third kappa shape index (κ3) is 3.58. The van der Waals surface area contributed by atoms with Gasteiger partial charge in [0.25, 0.3) is 0 Å². The number of fused-ring (bicyclic) bond motifs is 2. The lowest BCUT2D eigenvalue weighted by molar-refractivity contribution is 0.104. The largest absolute Gasteiger partial charge is 0.393 e. The maximum Gasteiger partial charge on any atom is 0.195 e. The highest BCUT2D eigenvalue weighted by molar-refractivity contribution is 6.21. The fourth-order valence-electron chi connectivity index (χ4n) is 3.90. The molecule has 4 rings (SSSR count). The van der Waals surface area contributed by atoms with Gasteiger partial charge in [-0.25, -0.2) is 0 Å². The highest BCUT2D eigenvalue weighted by atomic mass is 16.3. The fourth-order valence-corrected chi connectivity index (χ4v) is 3.90. The summed E-state index contributed by atoms with van der Waals surface area (Å²) in [4.78, 5) is 13.5. The molecule has 0 aliphatic carbocycles. The average Bonchev–Trinajstić information content (AvgIpc) is 3.09. The van der Waals surface area contributed by atoms with Crippen molar-refractivity contribution in [2.75, 3.05) is 0 Å². The number of unbranched alkanes of at least 4 members (excludes halogenated alkanes) is 1. The van der Waals surface area contributed by atoms with Gasteiger partial charge < -0.3 is 9.67 Å². The Labute approximate surface area is 165 Å². The van der Waals surface area contributed by atoms with Crippen LogP contribution in [0.2, 0.25) is 0 Å². The Balaban J connectivity index is 1.71. The average molecular weight is 371 g/mol. The number of aliphatic hydroxyl groups is 1. The lowest BCUT2D eigenvalue weighted by atomic mass is 9.97. The Morgan fingerprint density at radius 2 is 1.61 bits per heavy atom. The molecule has 4 aromatic rings. The Bertz CT molecular complexity index is 1120. The van der Waals surface area contributed by atoms with Gasteiger partial charge in [0, 0.05) is 34.8 Å². The van der Waals surface area contributed by atoms with E-state index in [9.17, 15) is 9.90 Å². The van der Waals surface area contributed by atoms with Crippen molar-refractivity contribution in [3.05, 3.63) is 84.1 Å². The number of aromatic nitrogens is 1. The standard InChI is InChI=1S/C25H25NO2/c1-18(27)9-6-7-16-26-17-23(21-13-4-5-15-24(21)26)25(28)22-14-8-11-19-10-2-3-12-20(19)22/h2-5,8,10-15,17-18,27H,6-7,9,16H2,1H3/t18-/m1/s1. The molecular formula is C25H25NO2. The van der Waals surface area contributed by atoms with Crippen molar-refractivity contribution in [3.63, 3.8) is 0 Å². The molecule has 0 aliphatic rings. The highest BCUT2D eigenvalue weighted by Crippen LogP contribution is 2.27. The van der Waals surface area contributed by atoms with Gasteiger partial charge in [-0.2, -0.15) is 0 Å². The van der Waals surface area contributed by atoms with Gasteiger partial charge in [-0.3, -0.25) is 4.79 Å². The molecule has 1 heterocycles. The van der Waals surface area contributed by atoms with E-state index in [0.717, 1.165) is 58.6 Å². The van der Waals surface area contributed by atoms with Crippen molar-refractivity contribution in [3.8, 4) is 0 Å². The van der Waals surface area contributed by atoms with Gasteiger partial charge in [0.2, 0.25) is 0 Å². The highest BCUT2D eigenvalue weighted by Gasteiger charge is 2.18. The van der Waals surface area contributed by atoms with Crippen LogP contribution in [-0.4, -0.2) is 21.6 Å². The van der Waals surface area contributed by atoms with Crippen molar-refractivity contribution in [1.29, 1.82) is 0 Å². The molecule has 0 saturated heterocycles. The van der Waals surface area contributed by atoms with E-state index in [-0.39, 0.29) is 11.9 Å². The number of aryl methyl sites for hydroxylation is 1. The zero-order chi connectivity index (χ0) is 19.5. The van der Waals surface area contributed by atoms with E-state index in [2.05, 4.69) is 10.6 Å². The van der Waals surface area contributed by atoms with Gasteiger partial charge >= 0.3 is 0 Å². The van der Waals surface area contributed by atoms with Crippen LogP contribution in [0.4, 0.5) is 0 Å². The molecule has 0 radical (unpaired) electrons. The van der Waals surface area contributed by atoms with E-state index in [1.807, 2.05) is 73.8 Å². The smallest absolute Gasteiger partial charge is 0.195 e. The maximum atomic E-state index is 13.5. The van der Waals surface area contributed by atoms with Gasteiger partial charge in [0.05, 0.1) is 6.10 Å². The quantitative estimate of drug-likeness (QED) is 0.340. The summed E-state index contributed by atoms with van der Waals surface area (Å²) in [7, 11) is 0. The van der Waals surface area contributed by atoms with Gasteiger partial charge in [0.15, 0.2) is 5.78 Å². The summed E-state index contributed by atoms with van der Waals surface area (Å²) in [6.45, 7) is 2.67. The number of aliphatic hydroxyl groups excluding tert-OH is 1. The van der Waals surface area contributed by atoms with Crippen molar-refractivity contribution >= 4 is 27.5 Å². The summed E-state index contributed by atoms with van der Waals surface area (Å²) >= 11 is 0. The molecule has 0 saturated carbocycles. The topological polar surface area (TPSA) is 42.2 Å². The first kappa shape index (κ1) is 18.5.